The number of pyridine rings is 1. The molecule has 1 amide bonds. The highest BCUT2D eigenvalue weighted by Gasteiger charge is 2.17. The number of hydrogen-bond donors (Lipinski definition) is 1. The first-order valence-corrected chi connectivity index (χ1v) is 10.1. The van der Waals surface area contributed by atoms with E-state index in [4.69, 9.17) is 9.47 Å². The van der Waals surface area contributed by atoms with Crippen LogP contribution in [0, 0.1) is 13.8 Å². The van der Waals surface area contributed by atoms with Gasteiger partial charge in [0.15, 0.2) is 11.5 Å². The third-order valence-electron chi connectivity index (χ3n) is 4.85. The number of nitrogens with zero attached hydrogens (tertiary/aromatic N) is 1. The molecule has 1 unspecified atom stereocenters. The number of carbonyl (C=O) groups excluding carboxylic acids is 1. The molecule has 0 saturated heterocycles. The Hall–Kier alpha value is -3.34. The molecule has 30 heavy (non-hydrogen) atoms. The maximum Gasteiger partial charge on any atom is 0.223 e. The minimum absolute atomic E-state index is 0.0798. The Morgan fingerprint density at radius 3 is 2.47 bits per heavy atom. The summed E-state index contributed by atoms with van der Waals surface area (Å²) in [6.07, 6.45) is 2.67. The van der Waals surface area contributed by atoms with Gasteiger partial charge in [0.25, 0.3) is 0 Å². The predicted molar refractivity (Wildman–Crippen MR) is 118 cm³/mol. The van der Waals surface area contributed by atoms with E-state index >= 15 is 0 Å². The Labute approximate surface area is 178 Å². The van der Waals surface area contributed by atoms with Crippen molar-refractivity contribution in [3.63, 3.8) is 0 Å². The number of nitrogens with one attached hydrogen (secondary N) is 1. The fraction of sp³-hybridized carbons (Fsp3) is 0.280. The van der Waals surface area contributed by atoms with Crippen LogP contribution in [0.4, 0.5) is 0 Å². The Bertz CT molecular complexity index is 956. The molecule has 3 rings (SSSR count). The highest BCUT2D eigenvalue weighted by molar-refractivity contribution is 5.76. The first-order chi connectivity index (χ1) is 14.5. The number of carbonyl (C=O) groups is 1. The van der Waals surface area contributed by atoms with E-state index in [1.54, 1.807) is 13.3 Å². The van der Waals surface area contributed by atoms with Crippen molar-refractivity contribution in [3.8, 4) is 11.5 Å². The largest absolute Gasteiger partial charge is 0.493 e. The fourth-order valence-corrected chi connectivity index (χ4v) is 3.19. The normalized spacial score (nSPS) is 11.6. The fourth-order valence-electron chi connectivity index (χ4n) is 3.19. The SMILES string of the molecule is COc1cc(C)ccc1OCCC(=O)NC(Cc1ccc(C)cc1)c1ccccn1. The van der Waals surface area contributed by atoms with E-state index in [0.717, 1.165) is 16.8 Å². The van der Waals surface area contributed by atoms with Crippen LogP contribution < -0.4 is 14.8 Å². The standard InChI is InChI=1S/C25H28N2O3/c1-18-7-10-20(11-8-18)17-22(21-6-4-5-14-26-21)27-25(28)13-15-30-23-12-9-19(2)16-24(23)29-3/h4-12,14,16,22H,13,15,17H2,1-3H3,(H,27,28). The van der Waals surface area contributed by atoms with Gasteiger partial charge in [-0.2, -0.15) is 0 Å². The number of hydrogen-bond acceptors (Lipinski definition) is 4. The molecule has 5 nitrogen and oxygen atoms in total. The molecule has 3 aromatic rings. The lowest BCUT2D eigenvalue weighted by Gasteiger charge is -2.19. The zero-order valence-corrected chi connectivity index (χ0v) is 17.7. The van der Waals surface area contributed by atoms with E-state index in [9.17, 15) is 4.79 Å². The summed E-state index contributed by atoms with van der Waals surface area (Å²) in [6, 6.07) is 19.6. The van der Waals surface area contributed by atoms with Gasteiger partial charge in [-0.15, -0.1) is 0 Å². The molecule has 0 aliphatic heterocycles. The summed E-state index contributed by atoms with van der Waals surface area (Å²) in [4.78, 5) is 17.1. The Morgan fingerprint density at radius 2 is 1.77 bits per heavy atom. The topological polar surface area (TPSA) is 60.5 Å². The van der Waals surface area contributed by atoms with Gasteiger partial charge in [-0.3, -0.25) is 9.78 Å². The minimum atomic E-state index is -0.199. The van der Waals surface area contributed by atoms with Crippen LogP contribution >= 0.6 is 0 Å². The van der Waals surface area contributed by atoms with Crippen LogP contribution in [0.3, 0.4) is 0 Å². The van der Waals surface area contributed by atoms with Gasteiger partial charge < -0.3 is 14.8 Å². The predicted octanol–water partition coefficient (Wildman–Crippen LogP) is 4.58. The third-order valence-corrected chi connectivity index (χ3v) is 4.85. The molecule has 0 aliphatic carbocycles. The molecular formula is C25H28N2O3. The van der Waals surface area contributed by atoms with Crippen LogP contribution in [0.25, 0.3) is 0 Å². The van der Waals surface area contributed by atoms with Crippen molar-refractivity contribution in [2.24, 2.45) is 0 Å². The number of amides is 1. The van der Waals surface area contributed by atoms with Gasteiger partial charge in [-0.25, -0.2) is 0 Å². The zero-order valence-electron chi connectivity index (χ0n) is 17.7. The highest BCUT2D eigenvalue weighted by Crippen LogP contribution is 2.27. The molecule has 0 bridgehead atoms. The average Bonchev–Trinajstić information content (AvgIpc) is 2.76. The molecule has 1 heterocycles. The molecule has 0 aliphatic rings. The lowest BCUT2D eigenvalue weighted by Crippen LogP contribution is -2.31. The van der Waals surface area contributed by atoms with Crippen molar-refractivity contribution < 1.29 is 14.3 Å². The summed E-state index contributed by atoms with van der Waals surface area (Å²) in [7, 11) is 1.61. The molecule has 0 spiro atoms. The quantitative estimate of drug-likeness (QED) is 0.567. The second-order valence-electron chi connectivity index (χ2n) is 7.32. The molecule has 0 radical (unpaired) electrons. The molecule has 1 N–H and O–H groups in total. The lowest BCUT2D eigenvalue weighted by atomic mass is 10.0. The van der Waals surface area contributed by atoms with Gasteiger partial charge in [0, 0.05) is 6.20 Å². The monoisotopic (exact) mass is 404 g/mol. The summed E-state index contributed by atoms with van der Waals surface area (Å²) in [5, 5.41) is 3.11. The number of aryl methyl sites for hydroxylation is 2. The number of aromatic nitrogens is 1. The van der Waals surface area contributed by atoms with Gasteiger partial charge in [-0.1, -0.05) is 42.0 Å². The van der Waals surface area contributed by atoms with Crippen LogP contribution in [-0.2, 0) is 11.2 Å². The van der Waals surface area contributed by atoms with Crippen molar-refractivity contribution in [2.45, 2.75) is 32.7 Å². The van der Waals surface area contributed by atoms with Crippen molar-refractivity contribution >= 4 is 5.91 Å². The third kappa shape index (κ3) is 6.08. The van der Waals surface area contributed by atoms with E-state index in [1.807, 2.05) is 43.3 Å². The average molecular weight is 405 g/mol. The van der Waals surface area contributed by atoms with Crippen molar-refractivity contribution in [3.05, 3.63) is 89.2 Å². The Kier molecular flexibility index (Phi) is 7.44. The van der Waals surface area contributed by atoms with Crippen LogP contribution in [-0.4, -0.2) is 24.6 Å². The lowest BCUT2D eigenvalue weighted by molar-refractivity contribution is -0.122. The van der Waals surface area contributed by atoms with E-state index in [2.05, 4.69) is 41.5 Å². The Morgan fingerprint density at radius 1 is 1.00 bits per heavy atom. The number of rotatable bonds is 9. The smallest absolute Gasteiger partial charge is 0.223 e. The molecule has 5 heteroatoms. The zero-order chi connectivity index (χ0) is 21.3. The number of benzene rings is 2. The molecule has 0 saturated carbocycles. The Balaban J connectivity index is 1.61. The van der Waals surface area contributed by atoms with Crippen LogP contribution in [0.5, 0.6) is 11.5 Å². The molecule has 2 aromatic carbocycles. The summed E-state index contributed by atoms with van der Waals surface area (Å²) < 4.78 is 11.1. The second kappa shape index (κ2) is 10.4. The summed E-state index contributed by atoms with van der Waals surface area (Å²) in [5.41, 5.74) is 4.29. The van der Waals surface area contributed by atoms with E-state index in [1.165, 1.54) is 5.56 Å². The summed E-state index contributed by atoms with van der Waals surface area (Å²) >= 11 is 0. The van der Waals surface area contributed by atoms with Gasteiger partial charge in [0.05, 0.1) is 31.9 Å². The van der Waals surface area contributed by atoms with E-state index in [0.29, 0.717) is 17.9 Å². The number of methoxy groups -OCH3 is 1. The van der Waals surface area contributed by atoms with Gasteiger partial charge >= 0.3 is 0 Å². The summed E-state index contributed by atoms with van der Waals surface area (Å²) in [5.74, 6) is 1.22. The maximum absolute atomic E-state index is 12.6. The van der Waals surface area contributed by atoms with Gasteiger partial charge in [0.1, 0.15) is 0 Å². The van der Waals surface area contributed by atoms with Crippen LogP contribution in [0.1, 0.15) is 34.8 Å². The van der Waals surface area contributed by atoms with Gasteiger partial charge in [0.2, 0.25) is 5.91 Å². The first kappa shape index (κ1) is 21.4. The van der Waals surface area contributed by atoms with Crippen molar-refractivity contribution in [2.75, 3.05) is 13.7 Å². The molecule has 0 fully saturated rings. The first-order valence-electron chi connectivity index (χ1n) is 10.1. The molecule has 1 aromatic heterocycles. The number of ether oxygens (including phenoxy) is 2. The second-order valence-corrected chi connectivity index (χ2v) is 7.32. The molecule has 156 valence electrons. The van der Waals surface area contributed by atoms with Gasteiger partial charge in [-0.05, 0) is 55.7 Å². The minimum Gasteiger partial charge on any atom is -0.493 e. The molecule has 1 atom stereocenters. The van der Waals surface area contributed by atoms with Crippen molar-refractivity contribution in [1.29, 1.82) is 0 Å². The summed E-state index contributed by atoms with van der Waals surface area (Å²) in [6.45, 7) is 4.32. The van der Waals surface area contributed by atoms with Crippen LogP contribution in [0.2, 0.25) is 0 Å². The van der Waals surface area contributed by atoms with E-state index in [-0.39, 0.29) is 25.0 Å². The highest BCUT2D eigenvalue weighted by atomic mass is 16.5. The molecular weight excluding hydrogens is 376 g/mol. The van der Waals surface area contributed by atoms with Crippen molar-refractivity contribution in [1.82, 2.24) is 10.3 Å². The van der Waals surface area contributed by atoms with E-state index < -0.39 is 0 Å². The maximum atomic E-state index is 12.6. The van der Waals surface area contributed by atoms with Crippen LogP contribution in [0.15, 0.2) is 66.9 Å².